The molecule has 0 saturated carbocycles. The fourth-order valence-corrected chi connectivity index (χ4v) is 2.38. The summed E-state index contributed by atoms with van der Waals surface area (Å²) in [7, 11) is 0. The molecule has 2 aromatic heterocycles. The van der Waals surface area contributed by atoms with Crippen LogP contribution in [0.1, 0.15) is 6.04 Å². The van der Waals surface area contributed by atoms with Crippen LogP contribution in [0.4, 0.5) is 0 Å². The van der Waals surface area contributed by atoms with Gasteiger partial charge in [-0.1, -0.05) is 0 Å². The molecule has 17 heavy (non-hydrogen) atoms. The van der Waals surface area contributed by atoms with Crippen LogP contribution in [0, 0.1) is 0 Å². The van der Waals surface area contributed by atoms with E-state index >= 15 is 0 Å². The molecule has 1 aliphatic heterocycles. The molecule has 5 nitrogen and oxygen atoms in total. The first-order valence-corrected chi connectivity index (χ1v) is 6.50. The highest BCUT2D eigenvalue weighted by molar-refractivity contribution is 9.10. The minimum absolute atomic E-state index is 0.527. The van der Waals surface area contributed by atoms with Crippen molar-refractivity contribution >= 4 is 15.9 Å². The molecule has 2 aromatic rings. The first-order chi connectivity index (χ1) is 8.31. The average Bonchev–Trinajstić information content (AvgIpc) is 2.87. The van der Waals surface area contributed by atoms with E-state index in [2.05, 4.69) is 31.0 Å². The summed E-state index contributed by atoms with van der Waals surface area (Å²) >= 11 is 3.42. The van der Waals surface area contributed by atoms with Crippen molar-refractivity contribution in [3.8, 4) is 0 Å². The van der Waals surface area contributed by atoms with Crippen LogP contribution in [0.25, 0.3) is 0 Å². The summed E-state index contributed by atoms with van der Waals surface area (Å²) in [5.74, 6) is 0. The monoisotopic (exact) mass is 295 g/mol. The predicted molar refractivity (Wildman–Crippen MR) is 67.6 cm³/mol. The van der Waals surface area contributed by atoms with Crippen molar-refractivity contribution in [2.75, 3.05) is 19.6 Å². The second kappa shape index (κ2) is 4.62. The van der Waals surface area contributed by atoms with Gasteiger partial charge in [0.1, 0.15) is 0 Å². The Morgan fingerprint density at radius 1 is 1.29 bits per heavy atom. The van der Waals surface area contributed by atoms with Gasteiger partial charge in [0.15, 0.2) is 0 Å². The molecule has 0 atom stereocenters. The molecular formula is C11H14BrN5. The summed E-state index contributed by atoms with van der Waals surface area (Å²) in [4.78, 5) is 2.42. The first-order valence-electron chi connectivity index (χ1n) is 5.71. The van der Waals surface area contributed by atoms with E-state index in [4.69, 9.17) is 0 Å². The topological polar surface area (TPSA) is 38.9 Å². The van der Waals surface area contributed by atoms with Crippen molar-refractivity contribution in [3.63, 3.8) is 0 Å². The highest BCUT2D eigenvalue weighted by Gasteiger charge is 2.28. The van der Waals surface area contributed by atoms with Crippen molar-refractivity contribution in [2.24, 2.45) is 0 Å². The Labute approximate surface area is 108 Å². The number of aromatic nitrogens is 4. The second-order valence-electron chi connectivity index (χ2n) is 4.32. The Balaban J connectivity index is 1.45. The molecule has 0 aliphatic carbocycles. The molecule has 1 saturated heterocycles. The van der Waals surface area contributed by atoms with Crippen LogP contribution in [0.15, 0.2) is 35.3 Å². The molecule has 6 heteroatoms. The van der Waals surface area contributed by atoms with Crippen molar-refractivity contribution < 1.29 is 0 Å². The molecule has 0 aromatic carbocycles. The molecule has 0 radical (unpaired) electrons. The van der Waals surface area contributed by atoms with E-state index in [1.807, 2.05) is 40.2 Å². The predicted octanol–water partition coefficient (Wildman–Crippen LogP) is 1.40. The Morgan fingerprint density at radius 2 is 2.18 bits per heavy atom. The van der Waals surface area contributed by atoms with E-state index in [0.717, 1.165) is 30.7 Å². The second-order valence-corrected chi connectivity index (χ2v) is 5.24. The molecule has 90 valence electrons. The largest absolute Gasteiger partial charge is 0.297 e. The van der Waals surface area contributed by atoms with Gasteiger partial charge in [0.05, 0.1) is 23.3 Å². The number of likely N-dealkylation sites (tertiary alicyclic amines) is 1. The van der Waals surface area contributed by atoms with Crippen LogP contribution < -0.4 is 0 Å². The van der Waals surface area contributed by atoms with E-state index in [0.29, 0.717) is 6.04 Å². The van der Waals surface area contributed by atoms with Gasteiger partial charge < -0.3 is 0 Å². The summed E-state index contributed by atoms with van der Waals surface area (Å²) in [6.45, 7) is 4.17. The number of nitrogens with zero attached hydrogens (tertiary/aromatic N) is 5. The van der Waals surface area contributed by atoms with Gasteiger partial charge in [-0.2, -0.15) is 10.2 Å². The normalized spacial score (nSPS) is 17.2. The SMILES string of the molecule is Brc1cnn(C2CN(CCn3cccn3)C2)c1. The third kappa shape index (κ3) is 2.42. The Morgan fingerprint density at radius 3 is 2.82 bits per heavy atom. The number of halogens is 1. The smallest absolute Gasteiger partial charge is 0.0773 e. The van der Waals surface area contributed by atoms with Gasteiger partial charge >= 0.3 is 0 Å². The Hall–Kier alpha value is -1.14. The zero-order valence-corrected chi connectivity index (χ0v) is 11.0. The van der Waals surface area contributed by atoms with Gasteiger partial charge in [-0.25, -0.2) is 0 Å². The molecule has 0 unspecified atom stereocenters. The zero-order valence-electron chi connectivity index (χ0n) is 9.41. The van der Waals surface area contributed by atoms with Gasteiger partial charge in [0, 0.05) is 38.2 Å². The van der Waals surface area contributed by atoms with E-state index in [1.165, 1.54) is 0 Å². The molecule has 1 aliphatic rings. The summed E-state index contributed by atoms with van der Waals surface area (Å²) < 4.78 is 5.05. The number of rotatable bonds is 4. The lowest BCUT2D eigenvalue weighted by Gasteiger charge is -2.39. The highest BCUT2D eigenvalue weighted by atomic mass is 79.9. The number of hydrogen-bond acceptors (Lipinski definition) is 3. The lowest BCUT2D eigenvalue weighted by Crippen LogP contribution is -2.48. The summed E-state index contributed by atoms with van der Waals surface area (Å²) in [5.41, 5.74) is 0. The van der Waals surface area contributed by atoms with Crippen molar-refractivity contribution in [1.29, 1.82) is 0 Å². The van der Waals surface area contributed by atoms with Crippen LogP contribution in [0.2, 0.25) is 0 Å². The molecule has 1 fully saturated rings. The van der Waals surface area contributed by atoms with Gasteiger partial charge in [-0.3, -0.25) is 14.3 Å². The van der Waals surface area contributed by atoms with Crippen LogP contribution in [-0.4, -0.2) is 44.1 Å². The molecular weight excluding hydrogens is 282 g/mol. The molecule has 0 amide bonds. The Bertz CT molecular complexity index is 472. The maximum atomic E-state index is 4.31. The lowest BCUT2D eigenvalue weighted by atomic mass is 10.1. The third-order valence-corrected chi connectivity index (χ3v) is 3.50. The van der Waals surface area contributed by atoms with Crippen molar-refractivity contribution in [1.82, 2.24) is 24.5 Å². The molecule has 3 heterocycles. The van der Waals surface area contributed by atoms with Crippen LogP contribution in [0.5, 0.6) is 0 Å². The minimum Gasteiger partial charge on any atom is -0.297 e. The summed E-state index contributed by atoms with van der Waals surface area (Å²) in [6.07, 6.45) is 7.70. The maximum absolute atomic E-state index is 4.31. The molecule has 0 spiro atoms. The van der Waals surface area contributed by atoms with Crippen LogP contribution in [-0.2, 0) is 6.54 Å². The van der Waals surface area contributed by atoms with Gasteiger partial charge in [0.25, 0.3) is 0 Å². The summed E-state index contributed by atoms with van der Waals surface area (Å²) in [5, 5.41) is 8.50. The average molecular weight is 296 g/mol. The summed E-state index contributed by atoms with van der Waals surface area (Å²) in [6, 6.07) is 2.49. The van der Waals surface area contributed by atoms with Gasteiger partial charge in [-0.05, 0) is 22.0 Å². The fourth-order valence-electron chi connectivity index (χ4n) is 2.08. The van der Waals surface area contributed by atoms with E-state index in [1.54, 1.807) is 0 Å². The standard InChI is InChI=1S/C11H14BrN5/c12-10-6-14-17(7-10)11-8-15(9-11)4-5-16-3-1-2-13-16/h1-3,6-7,11H,4-5,8-9H2. The van der Waals surface area contributed by atoms with Crippen molar-refractivity contribution in [3.05, 3.63) is 35.3 Å². The van der Waals surface area contributed by atoms with Crippen molar-refractivity contribution in [2.45, 2.75) is 12.6 Å². The molecule has 0 bridgehead atoms. The fraction of sp³-hybridized carbons (Fsp3) is 0.455. The van der Waals surface area contributed by atoms with Gasteiger partial charge in [0.2, 0.25) is 0 Å². The molecule has 3 rings (SSSR count). The quantitative estimate of drug-likeness (QED) is 0.856. The minimum atomic E-state index is 0.527. The zero-order chi connectivity index (χ0) is 11.7. The van der Waals surface area contributed by atoms with E-state index in [9.17, 15) is 0 Å². The lowest BCUT2D eigenvalue weighted by molar-refractivity contribution is 0.0934. The maximum Gasteiger partial charge on any atom is 0.0773 e. The van der Waals surface area contributed by atoms with E-state index in [-0.39, 0.29) is 0 Å². The Kier molecular flexibility index (Phi) is 2.98. The highest BCUT2D eigenvalue weighted by Crippen LogP contribution is 2.21. The van der Waals surface area contributed by atoms with E-state index < -0.39 is 0 Å². The van der Waals surface area contributed by atoms with Gasteiger partial charge in [-0.15, -0.1) is 0 Å². The third-order valence-electron chi connectivity index (χ3n) is 3.09. The van der Waals surface area contributed by atoms with Crippen LogP contribution in [0.3, 0.4) is 0 Å². The van der Waals surface area contributed by atoms with Crippen LogP contribution >= 0.6 is 15.9 Å². The number of hydrogen-bond donors (Lipinski definition) is 0. The first kappa shape index (κ1) is 11.0. The molecule has 0 N–H and O–H groups in total.